The van der Waals surface area contributed by atoms with E-state index in [0.717, 1.165) is 12.8 Å². The molecule has 108 valence electrons. The smallest absolute Gasteiger partial charge is 0.240 e. The standard InChI is InChI=1S/C14H23NO3S/c1-12(2)4-5-13-6-8-14(9-7-13)19(16,17)15-10-11-18-3/h6-9,12,15H,4-5,10-11H2,1-3H3. The Labute approximate surface area is 116 Å². The Hall–Kier alpha value is -0.910. The van der Waals surface area contributed by atoms with Crippen LogP contribution in [0.25, 0.3) is 0 Å². The summed E-state index contributed by atoms with van der Waals surface area (Å²) in [7, 11) is -1.87. The Morgan fingerprint density at radius 3 is 2.37 bits per heavy atom. The van der Waals surface area contributed by atoms with E-state index in [1.54, 1.807) is 12.1 Å². The van der Waals surface area contributed by atoms with E-state index in [0.29, 0.717) is 17.4 Å². The summed E-state index contributed by atoms with van der Waals surface area (Å²) in [5, 5.41) is 0. The molecule has 4 nitrogen and oxygen atoms in total. The maximum absolute atomic E-state index is 11.9. The number of ether oxygens (including phenoxy) is 1. The molecule has 0 aromatic heterocycles. The number of nitrogens with one attached hydrogen (secondary N) is 1. The van der Waals surface area contributed by atoms with Gasteiger partial charge in [0, 0.05) is 13.7 Å². The molecule has 0 fully saturated rings. The lowest BCUT2D eigenvalue weighted by Gasteiger charge is -2.08. The predicted octanol–water partition coefficient (Wildman–Crippen LogP) is 2.20. The van der Waals surface area contributed by atoms with Crippen LogP contribution in [-0.2, 0) is 21.2 Å². The molecule has 1 aromatic carbocycles. The summed E-state index contributed by atoms with van der Waals surface area (Å²) in [5.74, 6) is 0.652. The third-order valence-electron chi connectivity index (χ3n) is 2.84. The largest absolute Gasteiger partial charge is 0.383 e. The number of benzene rings is 1. The molecule has 0 bridgehead atoms. The molecule has 1 rings (SSSR count). The van der Waals surface area contributed by atoms with Gasteiger partial charge in [-0.1, -0.05) is 26.0 Å². The number of hydrogen-bond donors (Lipinski definition) is 1. The van der Waals surface area contributed by atoms with Gasteiger partial charge in [-0.3, -0.25) is 0 Å². The zero-order valence-corrected chi connectivity index (χ0v) is 12.7. The average Bonchev–Trinajstić information content (AvgIpc) is 2.37. The Kier molecular flexibility index (Phi) is 6.48. The van der Waals surface area contributed by atoms with Gasteiger partial charge in [-0.25, -0.2) is 13.1 Å². The highest BCUT2D eigenvalue weighted by atomic mass is 32.2. The summed E-state index contributed by atoms with van der Waals surface area (Å²) in [4.78, 5) is 0.303. The minimum Gasteiger partial charge on any atom is -0.383 e. The van der Waals surface area contributed by atoms with E-state index in [4.69, 9.17) is 4.74 Å². The highest BCUT2D eigenvalue weighted by Gasteiger charge is 2.12. The summed E-state index contributed by atoms with van der Waals surface area (Å²) < 4.78 is 31.1. The Bertz CT molecular complexity index is 466. The molecule has 0 aliphatic carbocycles. The van der Waals surface area contributed by atoms with Crippen LogP contribution in [0.2, 0.25) is 0 Å². The van der Waals surface area contributed by atoms with Crippen LogP contribution in [-0.4, -0.2) is 28.7 Å². The fraction of sp³-hybridized carbons (Fsp3) is 0.571. The molecule has 0 unspecified atom stereocenters. The molecule has 5 heteroatoms. The molecule has 0 atom stereocenters. The van der Waals surface area contributed by atoms with Crippen LogP contribution >= 0.6 is 0 Å². The van der Waals surface area contributed by atoms with E-state index in [9.17, 15) is 8.42 Å². The summed E-state index contributed by atoms with van der Waals surface area (Å²) in [5.41, 5.74) is 1.17. The first-order chi connectivity index (χ1) is 8.95. The molecule has 0 aliphatic rings. The van der Waals surface area contributed by atoms with Crippen molar-refractivity contribution in [2.75, 3.05) is 20.3 Å². The van der Waals surface area contributed by atoms with Crippen molar-refractivity contribution in [3.05, 3.63) is 29.8 Å². The second-order valence-corrected chi connectivity index (χ2v) is 6.73. The van der Waals surface area contributed by atoms with Gasteiger partial charge in [0.2, 0.25) is 10.0 Å². The summed E-state index contributed by atoms with van der Waals surface area (Å²) >= 11 is 0. The maximum atomic E-state index is 11.9. The topological polar surface area (TPSA) is 55.4 Å². The van der Waals surface area contributed by atoms with Crippen LogP contribution in [0.4, 0.5) is 0 Å². The van der Waals surface area contributed by atoms with Crippen molar-refractivity contribution in [2.24, 2.45) is 5.92 Å². The zero-order chi connectivity index (χ0) is 14.3. The minimum absolute atomic E-state index is 0.286. The van der Waals surface area contributed by atoms with Crippen molar-refractivity contribution >= 4 is 10.0 Å². The van der Waals surface area contributed by atoms with Crippen molar-refractivity contribution in [2.45, 2.75) is 31.6 Å². The molecule has 19 heavy (non-hydrogen) atoms. The highest BCUT2D eigenvalue weighted by molar-refractivity contribution is 7.89. The van der Waals surface area contributed by atoms with Crippen LogP contribution in [0.3, 0.4) is 0 Å². The second-order valence-electron chi connectivity index (χ2n) is 4.97. The SMILES string of the molecule is COCCNS(=O)(=O)c1ccc(CCC(C)C)cc1. The van der Waals surface area contributed by atoms with E-state index < -0.39 is 10.0 Å². The van der Waals surface area contributed by atoms with Crippen LogP contribution in [0.1, 0.15) is 25.8 Å². The molecule has 0 radical (unpaired) electrons. The fourth-order valence-corrected chi connectivity index (χ4v) is 2.67. The van der Waals surface area contributed by atoms with Gasteiger partial charge in [-0.2, -0.15) is 0 Å². The molecule has 0 aliphatic heterocycles. The lowest BCUT2D eigenvalue weighted by Crippen LogP contribution is -2.27. The molecule has 0 amide bonds. The zero-order valence-electron chi connectivity index (χ0n) is 11.8. The van der Waals surface area contributed by atoms with E-state index in [-0.39, 0.29) is 6.54 Å². The van der Waals surface area contributed by atoms with Crippen LogP contribution in [0.5, 0.6) is 0 Å². The first-order valence-corrected chi connectivity index (χ1v) is 8.01. The van der Waals surface area contributed by atoms with Gasteiger partial charge in [-0.15, -0.1) is 0 Å². The monoisotopic (exact) mass is 285 g/mol. The van der Waals surface area contributed by atoms with Crippen molar-refractivity contribution in [3.63, 3.8) is 0 Å². The quantitative estimate of drug-likeness (QED) is 0.745. The Morgan fingerprint density at radius 2 is 1.84 bits per heavy atom. The Morgan fingerprint density at radius 1 is 1.21 bits per heavy atom. The van der Waals surface area contributed by atoms with Gasteiger partial charge in [0.1, 0.15) is 0 Å². The van der Waals surface area contributed by atoms with Crippen LogP contribution < -0.4 is 4.72 Å². The lowest BCUT2D eigenvalue weighted by molar-refractivity contribution is 0.204. The summed E-state index contributed by atoms with van der Waals surface area (Å²) in [6.07, 6.45) is 2.09. The molecule has 1 aromatic rings. The predicted molar refractivity (Wildman–Crippen MR) is 76.7 cm³/mol. The molecule has 0 saturated carbocycles. The van der Waals surface area contributed by atoms with Crippen molar-refractivity contribution < 1.29 is 13.2 Å². The molecular formula is C14H23NO3S. The first-order valence-electron chi connectivity index (χ1n) is 6.53. The van der Waals surface area contributed by atoms with Crippen LogP contribution in [0, 0.1) is 5.92 Å². The van der Waals surface area contributed by atoms with E-state index in [2.05, 4.69) is 18.6 Å². The molecule has 1 N–H and O–H groups in total. The number of aryl methyl sites for hydroxylation is 1. The third-order valence-corrected chi connectivity index (χ3v) is 4.32. The molecule has 0 heterocycles. The second kappa shape index (κ2) is 7.62. The summed E-state index contributed by atoms with van der Waals surface area (Å²) in [6, 6.07) is 7.08. The minimum atomic E-state index is -3.41. The van der Waals surface area contributed by atoms with Crippen molar-refractivity contribution in [3.8, 4) is 0 Å². The van der Waals surface area contributed by atoms with E-state index in [1.807, 2.05) is 12.1 Å². The van der Waals surface area contributed by atoms with Gasteiger partial charge < -0.3 is 4.74 Å². The number of hydrogen-bond acceptors (Lipinski definition) is 3. The third kappa shape index (κ3) is 5.72. The lowest BCUT2D eigenvalue weighted by atomic mass is 10.0. The van der Waals surface area contributed by atoms with Gasteiger partial charge in [-0.05, 0) is 36.5 Å². The molecular weight excluding hydrogens is 262 g/mol. The number of methoxy groups -OCH3 is 1. The van der Waals surface area contributed by atoms with E-state index in [1.165, 1.54) is 12.7 Å². The fourth-order valence-electron chi connectivity index (χ4n) is 1.65. The normalized spacial score (nSPS) is 12.0. The molecule has 0 saturated heterocycles. The van der Waals surface area contributed by atoms with Crippen molar-refractivity contribution in [1.82, 2.24) is 4.72 Å². The van der Waals surface area contributed by atoms with Gasteiger partial charge in [0.15, 0.2) is 0 Å². The maximum Gasteiger partial charge on any atom is 0.240 e. The van der Waals surface area contributed by atoms with Gasteiger partial charge in [0.05, 0.1) is 11.5 Å². The molecule has 0 spiro atoms. The van der Waals surface area contributed by atoms with Crippen molar-refractivity contribution in [1.29, 1.82) is 0 Å². The van der Waals surface area contributed by atoms with Gasteiger partial charge in [0.25, 0.3) is 0 Å². The number of sulfonamides is 1. The van der Waals surface area contributed by atoms with Crippen LogP contribution in [0.15, 0.2) is 29.2 Å². The van der Waals surface area contributed by atoms with E-state index >= 15 is 0 Å². The number of rotatable bonds is 8. The average molecular weight is 285 g/mol. The first kappa shape index (κ1) is 16.1. The highest BCUT2D eigenvalue weighted by Crippen LogP contribution is 2.13. The summed E-state index contributed by atoms with van der Waals surface area (Å²) in [6.45, 7) is 5.01. The van der Waals surface area contributed by atoms with Gasteiger partial charge >= 0.3 is 0 Å². The Balaban J connectivity index is 2.64.